The largest absolute Gasteiger partial charge is 0.462 e. The second-order valence-corrected chi connectivity index (χ2v) is 5.92. The van der Waals surface area contributed by atoms with E-state index in [1.165, 1.54) is 0 Å². The summed E-state index contributed by atoms with van der Waals surface area (Å²) in [6.07, 6.45) is 1.16. The van der Waals surface area contributed by atoms with Crippen LogP contribution in [0.4, 0.5) is 0 Å². The molecule has 23 heavy (non-hydrogen) atoms. The molecule has 4 heteroatoms. The Morgan fingerprint density at radius 1 is 1.17 bits per heavy atom. The molecule has 1 N–H and O–H groups in total. The molecule has 2 aromatic rings. The monoisotopic (exact) mass is 315 g/mol. The van der Waals surface area contributed by atoms with Gasteiger partial charge in [-0.25, -0.2) is 4.79 Å². The Balaban J connectivity index is 1.93. The van der Waals surface area contributed by atoms with Crippen molar-refractivity contribution in [3.63, 3.8) is 0 Å². The van der Waals surface area contributed by atoms with E-state index in [-0.39, 0.29) is 5.97 Å². The van der Waals surface area contributed by atoms with Gasteiger partial charge in [0.25, 0.3) is 0 Å². The van der Waals surface area contributed by atoms with E-state index in [0.717, 1.165) is 36.6 Å². The summed E-state index contributed by atoms with van der Waals surface area (Å²) in [6.45, 7) is 8.33. The number of benzene rings is 1. The lowest BCUT2D eigenvalue weighted by Crippen LogP contribution is -2.15. The van der Waals surface area contributed by atoms with Gasteiger partial charge in [0.05, 0.1) is 18.7 Å². The van der Waals surface area contributed by atoms with E-state index in [0.29, 0.717) is 18.1 Å². The highest BCUT2D eigenvalue weighted by molar-refractivity contribution is 5.89. The summed E-state index contributed by atoms with van der Waals surface area (Å²) in [5.41, 5.74) is 1.50. The zero-order chi connectivity index (χ0) is 16.7. The van der Waals surface area contributed by atoms with E-state index >= 15 is 0 Å². The van der Waals surface area contributed by atoms with Crippen LogP contribution in [0.5, 0.6) is 0 Å². The molecule has 0 unspecified atom stereocenters. The topological polar surface area (TPSA) is 51.5 Å². The van der Waals surface area contributed by atoms with Gasteiger partial charge >= 0.3 is 5.97 Å². The minimum Gasteiger partial charge on any atom is -0.462 e. The Bertz CT molecular complexity index is 614. The second kappa shape index (κ2) is 8.53. The molecule has 0 spiro atoms. The van der Waals surface area contributed by atoms with Gasteiger partial charge in [-0.2, -0.15) is 0 Å². The molecular formula is C19H25NO3. The number of furan rings is 1. The zero-order valence-electron chi connectivity index (χ0n) is 14.1. The molecule has 0 atom stereocenters. The summed E-state index contributed by atoms with van der Waals surface area (Å²) in [5.74, 6) is 2.13. The average molecular weight is 315 g/mol. The van der Waals surface area contributed by atoms with E-state index < -0.39 is 0 Å². The van der Waals surface area contributed by atoms with Gasteiger partial charge < -0.3 is 14.5 Å². The van der Waals surface area contributed by atoms with Gasteiger partial charge in [0.2, 0.25) is 0 Å². The first-order valence-corrected chi connectivity index (χ1v) is 8.17. The molecule has 0 amide bonds. The lowest BCUT2D eigenvalue weighted by atomic mass is 10.1. The Morgan fingerprint density at radius 3 is 2.57 bits per heavy atom. The predicted molar refractivity (Wildman–Crippen MR) is 91.3 cm³/mol. The summed E-state index contributed by atoms with van der Waals surface area (Å²) in [6, 6.07) is 11.2. The minimum atomic E-state index is -0.298. The van der Waals surface area contributed by atoms with Crippen molar-refractivity contribution in [2.75, 3.05) is 13.2 Å². The normalized spacial score (nSPS) is 11.0. The highest BCUT2D eigenvalue weighted by Crippen LogP contribution is 2.22. The number of carbonyl (C=O) groups is 1. The number of nitrogens with one attached hydrogen (secondary N) is 1. The first-order chi connectivity index (χ1) is 11.1. The number of hydrogen-bond donors (Lipinski definition) is 1. The molecule has 0 bridgehead atoms. The van der Waals surface area contributed by atoms with Crippen molar-refractivity contribution in [2.24, 2.45) is 5.92 Å². The first kappa shape index (κ1) is 17.3. The lowest BCUT2D eigenvalue weighted by Gasteiger charge is -2.05. The number of rotatable bonds is 8. The quantitative estimate of drug-likeness (QED) is 0.584. The van der Waals surface area contributed by atoms with Crippen LogP contribution in [-0.4, -0.2) is 19.1 Å². The van der Waals surface area contributed by atoms with Gasteiger partial charge in [-0.1, -0.05) is 26.0 Å². The molecule has 1 aromatic heterocycles. The van der Waals surface area contributed by atoms with Gasteiger partial charge in [-0.15, -0.1) is 0 Å². The molecule has 0 saturated heterocycles. The van der Waals surface area contributed by atoms with Crippen molar-refractivity contribution < 1.29 is 13.9 Å². The maximum Gasteiger partial charge on any atom is 0.338 e. The van der Waals surface area contributed by atoms with Crippen molar-refractivity contribution in [3.8, 4) is 11.3 Å². The third-order valence-electron chi connectivity index (χ3n) is 3.54. The fourth-order valence-corrected chi connectivity index (χ4v) is 2.22. The molecule has 0 aliphatic rings. The van der Waals surface area contributed by atoms with Crippen molar-refractivity contribution in [1.82, 2.24) is 5.32 Å². The van der Waals surface area contributed by atoms with E-state index in [4.69, 9.17) is 9.15 Å². The van der Waals surface area contributed by atoms with Crippen LogP contribution >= 0.6 is 0 Å². The molecule has 0 fully saturated rings. The fraction of sp³-hybridized carbons (Fsp3) is 0.421. The average Bonchev–Trinajstić information content (AvgIpc) is 3.01. The van der Waals surface area contributed by atoms with Crippen LogP contribution in [0.15, 0.2) is 40.8 Å². The highest BCUT2D eigenvalue weighted by atomic mass is 16.5. The van der Waals surface area contributed by atoms with Crippen molar-refractivity contribution in [3.05, 3.63) is 47.7 Å². The minimum absolute atomic E-state index is 0.298. The van der Waals surface area contributed by atoms with Crippen molar-refractivity contribution in [1.29, 1.82) is 0 Å². The van der Waals surface area contributed by atoms with Crippen molar-refractivity contribution in [2.45, 2.75) is 33.7 Å². The Kier molecular flexibility index (Phi) is 6.41. The van der Waals surface area contributed by atoms with Crippen LogP contribution in [0.3, 0.4) is 0 Å². The van der Waals surface area contributed by atoms with Crippen LogP contribution in [-0.2, 0) is 11.3 Å². The molecule has 0 saturated carbocycles. The summed E-state index contributed by atoms with van der Waals surface area (Å²) in [7, 11) is 0. The van der Waals surface area contributed by atoms with Gasteiger partial charge in [0.15, 0.2) is 0 Å². The summed E-state index contributed by atoms with van der Waals surface area (Å²) in [4.78, 5) is 11.6. The van der Waals surface area contributed by atoms with Crippen LogP contribution in [0.25, 0.3) is 11.3 Å². The molecule has 1 aromatic carbocycles. The zero-order valence-corrected chi connectivity index (χ0v) is 14.1. The van der Waals surface area contributed by atoms with E-state index in [2.05, 4.69) is 19.2 Å². The first-order valence-electron chi connectivity index (χ1n) is 8.17. The van der Waals surface area contributed by atoms with E-state index in [1.807, 2.05) is 24.3 Å². The fourth-order valence-electron chi connectivity index (χ4n) is 2.22. The van der Waals surface area contributed by atoms with Gasteiger partial charge in [0, 0.05) is 5.56 Å². The van der Waals surface area contributed by atoms with Crippen LogP contribution in [0.1, 0.15) is 43.3 Å². The van der Waals surface area contributed by atoms with Crippen LogP contribution < -0.4 is 5.32 Å². The Morgan fingerprint density at radius 2 is 1.91 bits per heavy atom. The van der Waals surface area contributed by atoms with Crippen LogP contribution in [0.2, 0.25) is 0 Å². The maximum atomic E-state index is 11.6. The molecule has 0 radical (unpaired) electrons. The summed E-state index contributed by atoms with van der Waals surface area (Å²) in [5, 5.41) is 3.38. The number of ether oxygens (including phenoxy) is 1. The van der Waals surface area contributed by atoms with Gasteiger partial charge in [-0.3, -0.25) is 0 Å². The third-order valence-corrected chi connectivity index (χ3v) is 3.54. The van der Waals surface area contributed by atoms with Gasteiger partial charge in [-0.05, 0) is 50.1 Å². The number of hydrogen-bond acceptors (Lipinski definition) is 4. The highest BCUT2D eigenvalue weighted by Gasteiger charge is 2.08. The van der Waals surface area contributed by atoms with Gasteiger partial charge in [0.1, 0.15) is 11.5 Å². The lowest BCUT2D eigenvalue weighted by molar-refractivity contribution is 0.0526. The predicted octanol–water partition coefficient (Wildman–Crippen LogP) is 4.26. The third kappa shape index (κ3) is 5.25. The SMILES string of the molecule is CCOC(=O)c1ccc(-c2ccc(CNCCC(C)C)o2)cc1. The molecule has 124 valence electrons. The molecule has 2 rings (SSSR count). The Labute approximate surface area is 137 Å². The standard InChI is InChI=1S/C19H25NO3/c1-4-22-19(21)16-7-5-15(6-8-16)18-10-9-17(23-18)13-20-12-11-14(2)3/h5-10,14,20H,4,11-13H2,1-3H3. The second-order valence-electron chi connectivity index (χ2n) is 5.92. The molecule has 0 aliphatic heterocycles. The molecule has 0 aliphatic carbocycles. The maximum absolute atomic E-state index is 11.6. The number of esters is 1. The van der Waals surface area contributed by atoms with Crippen LogP contribution in [0, 0.1) is 5.92 Å². The van der Waals surface area contributed by atoms with Crippen molar-refractivity contribution >= 4 is 5.97 Å². The van der Waals surface area contributed by atoms with E-state index in [9.17, 15) is 4.79 Å². The molecular weight excluding hydrogens is 290 g/mol. The molecule has 1 heterocycles. The van der Waals surface area contributed by atoms with E-state index in [1.54, 1.807) is 19.1 Å². The summed E-state index contributed by atoms with van der Waals surface area (Å²) >= 11 is 0. The smallest absolute Gasteiger partial charge is 0.338 e. The molecule has 4 nitrogen and oxygen atoms in total. The number of carbonyl (C=O) groups excluding carboxylic acids is 1. The summed E-state index contributed by atoms with van der Waals surface area (Å²) < 4.78 is 10.8. The Hall–Kier alpha value is -2.07.